The first-order valence-corrected chi connectivity index (χ1v) is 9.17. The number of ether oxygens (including phenoxy) is 1. The normalized spacial score (nSPS) is 32.2. The van der Waals surface area contributed by atoms with Crippen LogP contribution in [0.3, 0.4) is 0 Å². The number of quaternary nitrogens is 1. The zero-order chi connectivity index (χ0) is 17.4. The maximum absolute atomic E-state index is 13.5. The second-order valence-corrected chi connectivity index (χ2v) is 8.45. The third-order valence-electron chi connectivity index (χ3n) is 7.08. The molecule has 0 radical (unpaired) electrons. The molecule has 4 atom stereocenters. The van der Waals surface area contributed by atoms with Gasteiger partial charge in [0, 0.05) is 17.4 Å². The van der Waals surface area contributed by atoms with Crippen LogP contribution in [0.2, 0.25) is 0 Å². The molecule has 0 saturated heterocycles. The molecule has 0 aromatic heterocycles. The Morgan fingerprint density at radius 2 is 2.08 bits per heavy atom. The van der Waals surface area contributed by atoms with E-state index < -0.39 is 6.10 Å². The van der Waals surface area contributed by atoms with Crippen LogP contribution < -0.4 is 5.32 Å². The maximum atomic E-state index is 13.5. The third kappa shape index (κ3) is 3.12. The van der Waals surface area contributed by atoms with Gasteiger partial charge in [0.1, 0.15) is 18.5 Å². The molecule has 2 fully saturated rings. The van der Waals surface area contributed by atoms with E-state index in [0.29, 0.717) is 29.0 Å². The van der Waals surface area contributed by atoms with Gasteiger partial charge in [-0.25, -0.2) is 4.39 Å². The van der Waals surface area contributed by atoms with Gasteiger partial charge in [-0.15, -0.1) is 0 Å². The van der Waals surface area contributed by atoms with Crippen molar-refractivity contribution in [3.63, 3.8) is 0 Å². The summed E-state index contributed by atoms with van der Waals surface area (Å²) in [7, 11) is 0. The van der Waals surface area contributed by atoms with Crippen molar-refractivity contribution in [1.82, 2.24) is 0 Å². The van der Waals surface area contributed by atoms with Crippen molar-refractivity contribution >= 4 is 0 Å². The van der Waals surface area contributed by atoms with E-state index in [4.69, 9.17) is 4.74 Å². The SMILES string of the molecule is CC1(C)[C@@H]2CC[C@@]1(C)[C@@H]([NH2+]C[C@@H](O)COCc1ccccc1F)C2. The Balaban J connectivity index is 1.42. The number of aliphatic hydroxyl groups excluding tert-OH is 1. The predicted octanol–water partition coefficient (Wildman–Crippen LogP) is 2.48. The summed E-state index contributed by atoms with van der Waals surface area (Å²) in [6.07, 6.45) is 3.39. The van der Waals surface area contributed by atoms with Crippen LogP contribution in [0.5, 0.6) is 0 Å². The van der Waals surface area contributed by atoms with Crippen LogP contribution in [0.25, 0.3) is 0 Å². The average Bonchev–Trinajstić information content (AvgIpc) is 2.88. The van der Waals surface area contributed by atoms with Crippen LogP contribution in [-0.4, -0.2) is 30.4 Å². The molecular weight excluding hydrogens is 305 g/mol. The summed E-state index contributed by atoms with van der Waals surface area (Å²) >= 11 is 0. The molecule has 2 aliphatic rings. The van der Waals surface area contributed by atoms with Crippen LogP contribution in [0.1, 0.15) is 45.6 Å². The van der Waals surface area contributed by atoms with Crippen molar-refractivity contribution in [3.05, 3.63) is 35.6 Å². The van der Waals surface area contributed by atoms with Crippen LogP contribution in [0, 0.1) is 22.6 Å². The molecule has 0 unspecified atom stereocenters. The van der Waals surface area contributed by atoms with Gasteiger partial charge in [-0.1, -0.05) is 39.0 Å². The van der Waals surface area contributed by atoms with Gasteiger partial charge in [0.05, 0.1) is 19.3 Å². The Morgan fingerprint density at radius 3 is 2.71 bits per heavy atom. The molecule has 3 nitrogen and oxygen atoms in total. The van der Waals surface area contributed by atoms with Crippen molar-refractivity contribution in [1.29, 1.82) is 0 Å². The highest BCUT2D eigenvalue weighted by atomic mass is 19.1. The molecular formula is C20H31FNO2+. The number of aliphatic hydroxyl groups is 1. The van der Waals surface area contributed by atoms with Crippen molar-refractivity contribution in [2.75, 3.05) is 13.2 Å². The highest BCUT2D eigenvalue weighted by molar-refractivity contribution is 5.16. The number of benzene rings is 1. The number of hydrogen-bond donors (Lipinski definition) is 2. The van der Waals surface area contributed by atoms with Gasteiger partial charge < -0.3 is 15.2 Å². The summed E-state index contributed by atoms with van der Waals surface area (Å²) in [4.78, 5) is 0. The molecule has 3 N–H and O–H groups in total. The van der Waals surface area contributed by atoms with Crippen LogP contribution in [0.4, 0.5) is 4.39 Å². The van der Waals surface area contributed by atoms with E-state index in [2.05, 4.69) is 26.1 Å². The lowest BCUT2D eigenvalue weighted by Crippen LogP contribution is -2.94. The van der Waals surface area contributed by atoms with Crippen LogP contribution in [0.15, 0.2) is 24.3 Å². The summed E-state index contributed by atoms with van der Waals surface area (Å²) in [5.74, 6) is 0.564. The summed E-state index contributed by atoms with van der Waals surface area (Å²) in [6.45, 7) is 8.35. The lowest BCUT2D eigenvalue weighted by atomic mass is 9.69. The van der Waals surface area contributed by atoms with E-state index in [1.807, 2.05) is 0 Å². The number of fused-ring (bicyclic) bond motifs is 2. The summed E-state index contributed by atoms with van der Waals surface area (Å²) in [6, 6.07) is 7.20. The Kier molecular flexibility index (Phi) is 5.01. The minimum atomic E-state index is -0.511. The Labute approximate surface area is 144 Å². The van der Waals surface area contributed by atoms with Crippen LogP contribution in [-0.2, 0) is 11.3 Å². The van der Waals surface area contributed by atoms with Gasteiger partial charge in [-0.2, -0.15) is 0 Å². The zero-order valence-electron chi connectivity index (χ0n) is 15.1. The zero-order valence-corrected chi connectivity index (χ0v) is 15.1. The van der Waals surface area contributed by atoms with Gasteiger partial charge in [-0.05, 0) is 30.2 Å². The summed E-state index contributed by atoms with van der Waals surface area (Å²) in [5, 5.41) is 12.5. The highest BCUT2D eigenvalue weighted by Gasteiger charge is 2.63. The third-order valence-corrected chi connectivity index (χ3v) is 7.08. The van der Waals surface area contributed by atoms with E-state index in [1.165, 1.54) is 25.3 Å². The average molecular weight is 336 g/mol. The smallest absolute Gasteiger partial charge is 0.128 e. The standard InChI is InChI=1S/C20H30FNO2/c1-19(2)15-8-9-20(19,3)18(10-15)22-11-16(23)13-24-12-14-6-4-5-7-17(14)21/h4-7,15-16,18,22-23H,8-13H2,1-3H3/p+1/t15-,16-,18+,20+/m1/s1. The molecule has 2 saturated carbocycles. The van der Waals surface area contributed by atoms with Gasteiger partial charge in [0.25, 0.3) is 0 Å². The van der Waals surface area contributed by atoms with Gasteiger partial charge in [0.15, 0.2) is 0 Å². The first-order chi connectivity index (χ1) is 11.3. The van der Waals surface area contributed by atoms with E-state index in [-0.39, 0.29) is 19.0 Å². The lowest BCUT2D eigenvalue weighted by molar-refractivity contribution is -0.707. The van der Waals surface area contributed by atoms with Crippen molar-refractivity contribution < 1.29 is 19.6 Å². The molecule has 0 heterocycles. The fraction of sp³-hybridized carbons (Fsp3) is 0.700. The molecule has 1 aromatic rings. The van der Waals surface area contributed by atoms with Gasteiger partial charge >= 0.3 is 0 Å². The number of rotatable bonds is 7. The van der Waals surface area contributed by atoms with Gasteiger partial charge in [-0.3, -0.25) is 0 Å². The van der Waals surface area contributed by atoms with E-state index >= 15 is 0 Å². The molecule has 24 heavy (non-hydrogen) atoms. The Morgan fingerprint density at radius 1 is 1.33 bits per heavy atom. The molecule has 0 amide bonds. The highest BCUT2D eigenvalue weighted by Crippen LogP contribution is 2.64. The van der Waals surface area contributed by atoms with Crippen molar-refractivity contribution in [2.45, 2.75) is 58.8 Å². The molecule has 2 aliphatic carbocycles. The minimum Gasteiger partial charge on any atom is -0.385 e. The van der Waals surface area contributed by atoms with E-state index in [0.717, 1.165) is 5.92 Å². The number of halogens is 1. The fourth-order valence-electron chi connectivity index (χ4n) is 4.93. The summed E-state index contributed by atoms with van der Waals surface area (Å²) in [5.41, 5.74) is 1.31. The molecule has 2 bridgehead atoms. The maximum Gasteiger partial charge on any atom is 0.128 e. The molecule has 134 valence electrons. The van der Waals surface area contributed by atoms with Crippen LogP contribution >= 0.6 is 0 Å². The number of nitrogens with two attached hydrogens (primary N) is 1. The second kappa shape index (κ2) is 6.74. The lowest BCUT2D eigenvalue weighted by Gasteiger charge is -2.37. The number of hydrogen-bond acceptors (Lipinski definition) is 2. The first kappa shape index (κ1) is 17.8. The largest absolute Gasteiger partial charge is 0.385 e. The van der Waals surface area contributed by atoms with Crippen molar-refractivity contribution in [2.24, 2.45) is 16.7 Å². The topological polar surface area (TPSA) is 46.1 Å². The predicted molar refractivity (Wildman–Crippen MR) is 91.9 cm³/mol. The van der Waals surface area contributed by atoms with Crippen molar-refractivity contribution in [3.8, 4) is 0 Å². The first-order valence-electron chi connectivity index (χ1n) is 9.17. The van der Waals surface area contributed by atoms with E-state index in [9.17, 15) is 9.50 Å². The quantitative estimate of drug-likeness (QED) is 0.803. The summed E-state index contributed by atoms with van der Waals surface area (Å²) < 4.78 is 19.0. The molecule has 0 spiro atoms. The monoisotopic (exact) mass is 336 g/mol. The second-order valence-electron chi connectivity index (χ2n) is 8.45. The molecule has 3 rings (SSSR count). The molecule has 0 aliphatic heterocycles. The Bertz CT molecular complexity index is 577. The van der Waals surface area contributed by atoms with Gasteiger partial charge in [0.2, 0.25) is 0 Å². The molecule has 1 aromatic carbocycles. The minimum absolute atomic E-state index is 0.208. The fourth-order valence-corrected chi connectivity index (χ4v) is 4.93. The molecule has 4 heteroatoms. The van der Waals surface area contributed by atoms with E-state index in [1.54, 1.807) is 18.2 Å². The Hall–Kier alpha value is -0.970.